The van der Waals surface area contributed by atoms with Crippen molar-refractivity contribution in [2.45, 2.75) is 12.3 Å². The van der Waals surface area contributed by atoms with Crippen LogP contribution in [0, 0.1) is 15.9 Å². The molecule has 0 N–H and O–H groups in total. The number of nitro groups is 1. The van der Waals surface area contributed by atoms with Crippen LogP contribution in [0.25, 0.3) is 5.57 Å². The van der Waals surface area contributed by atoms with Crippen molar-refractivity contribution >= 4 is 11.3 Å². The molecule has 1 aliphatic carbocycles. The number of anilines is 1. The molecule has 0 aromatic heterocycles. The molecule has 5 nitrogen and oxygen atoms in total. The van der Waals surface area contributed by atoms with Gasteiger partial charge in [-0.15, -0.1) is 0 Å². The molecule has 4 rings (SSSR count). The highest BCUT2D eigenvalue weighted by molar-refractivity contribution is 5.79. The molecular formula is C21H21FN2O3. The lowest BCUT2D eigenvalue weighted by atomic mass is 9.87. The molecule has 0 bridgehead atoms. The number of fused-ring (bicyclic) bond motifs is 1. The zero-order valence-corrected chi connectivity index (χ0v) is 14.9. The first-order valence-corrected chi connectivity index (χ1v) is 9.16. The molecule has 27 heavy (non-hydrogen) atoms. The van der Waals surface area contributed by atoms with E-state index in [0.717, 1.165) is 48.7 Å². The van der Waals surface area contributed by atoms with Crippen LogP contribution < -0.4 is 4.90 Å². The zero-order valence-electron chi connectivity index (χ0n) is 14.9. The van der Waals surface area contributed by atoms with Crippen LogP contribution >= 0.6 is 0 Å². The number of hydrogen-bond donors (Lipinski definition) is 0. The Morgan fingerprint density at radius 3 is 2.70 bits per heavy atom. The molecule has 1 aliphatic heterocycles. The molecule has 0 amide bonds. The normalized spacial score (nSPS) is 17.4. The topological polar surface area (TPSA) is 55.6 Å². The summed E-state index contributed by atoms with van der Waals surface area (Å²) in [5.74, 6) is -0.986. The van der Waals surface area contributed by atoms with Crippen molar-refractivity contribution in [3.8, 4) is 0 Å². The molecule has 1 atom stereocenters. The highest BCUT2D eigenvalue weighted by Gasteiger charge is 2.30. The van der Waals surface area contributed by atoms with Crippen LogP contribution in [0.5, 0.6) is 0 Å². The van der Waals surface area contributed by atoms with Gasteiger partial charge in [0.2, 0.25) is 6.54 Å². The molecule has 6 heteroatoms. The number of allylic oxidation sites excluding steroid dienone is 1. The molecule has 2 aromatic rings. The van der Waals surface area contributed by atoms with E-state index in [1.807, 2.05) is 18.2 Å². The monoisotopic (exact) mass is 368 g/mol. The van der Waals surface area contributed by atoms with Crippen molar-refractivity contribution in [1.82, 2.24) is 0 Å². The molecule has 2 aliphatic rings. The molecule has 1 saturated heterocycles. The summed E-state index contributed by atoms with van der Waals surface area (Å²) in [6.07, 6.45) is 2.72. The zero-order chi connectivity index (χ0) is 18.8. The van der Waals surface area contributed by atoms with E-state index in [4.69, 9.17) is 4.74 Å². The second kappa shape index (κ2) is 7.48. The lowest BCUT2D eigenvalue weighted by Crippen LogP contribution is -2.36. The predicted molar refractivity (Wildman–Crippen MR) is 102 cm³/mol. The Bertz CT molecular complexity index is 891. The second-order valence-corrected chi connectivity index (χ2v) is 6.89. The van der Waals surface area contributed by atoms with E-state index in [0.29, 0.717) is 12.0 Å². The van der Waals surface area contributed by atoms with Crippen LogP contribution in [0.3, 0.4) is 0 Å². The van der Waals surface area contributed by atoms with Gasteiger partial charge >= 0.3 is 0 Å². The summed E-state index contributed by atoms with van der Waals surface area (Å²) < 4.78 is 19.8. The van der Waals surface area contributed by atoms with E-state index in [1.54, 1.807) is 18.2 Å². The number of hydrogen-bond acceptors (Lipinski definition) is 4. The quantitative estimate of drug-likeness (QED) is 0.597. The van der Waals surface area contributed by atoms with Gasteiger partial charge in [0.1, 0.15) is 5.82 Å². The second-order valence-electron chi connectivity index (χ2n) is 6.89. The van der Waals surface area contributed by atoms with Crippen molar-refractivity contribution in [2.24, 2.45) is 0 Å². The van der Waals surface area contributed by atoms with Crippen molar-refractivity contribution in [3.63, 3.8) is 0 Å². The summed E-state index contributed by atoms with van der Waals surface area (Å²) in [5.41, 5.74) is 4.50. The van der Waals surface area contributed by atoms with Crippen molar-refractivity contribution in [1.29, 1.82) is 0 Å². The van der Waals surface area contributed by atoms with Gasteiger partial charge in [-0.25, -0.2) is 4.39 Å². The first kappa shape index (κ1) is 17.7. The van der Waals surface area contributed by atoms with Crippen LogP contribution in [0.15, 0.2) is 48.5 Å². The van der Waals surface area contributed by atoms with E-state index in [2.05, 4.69) is 11.0 Å². The van der Waals surface area contributed by atoms with E-state index in [-0.39, 0.29) is 11.5 Å². The summed E-state index contributed by atoms with van der Waals surface area (Å²) in [7, 11) is 0. The Balaban J connectivity index is 1.66. The third-order valence-corrected chi connectivity index (χ3v) is 5.31. The number of morpholine rings is 1. The minimum Gasteiger partial charge on any atom is -0.378 e. The Morgan fingerprint density at radius 1 is 1.19 bits per heavy atom. The minimum absolute atomic E-state index is 0.322. The SMILES string of the molecule is O=[N+]([O-])CC(C1=CCc2cc(N3CCOCC3)ccc21)c1ccccc1F. The number of ether oxygens (including phenoxy) is 1. The first-order chi connectivity index (χ1) is 13.1. The number of halogens is 1. The first-order valence-electron chi connectivity index (χ1n) is 9.16. The average Bonchev–Trinajstić information content (AvgIpc) is 3.10. The van der Waals surface area contributed by atoms with Gasteiger partial charge in [0.05, 0.1) is 19.1 Å². The van der Waals surface area contributed by atoms with E-state index in [1.165, 1.54) is 6.07 Å². The van der Waals surface area contributed by atoms with Crippen LogP contribution in [0.2, 0.25) is 0 Å². The van der Waals surface area contributed by atoms with Gasteiger partial charge in [-0.1, -0.05) is 30.3 Å². The van der Waals surface area contributed by atoms with E-state index in [9.17, 15) is 14.5 Å². The van der Waals surface area contributed by atoms with Gasteiger partial charge in [-0.2, -0.15) is 0 Å². The lowest BCUT2D eigenvalue weighted by molar-refractivity contribution is -0.481. The van der Waals surface area contributed by atoms with Gasteiger partial charge in [0, 0.05) is 29.3 Å². The number of rotatable bonds is 5. The number of benzene rings is 2. The molecule has 0 radical (unpaired) electrons. The maximum absolute atomic E-state index is 14.4. The Hall–Kier alpha value is -2.73. The molecule has 1 unspecified atom stereocenters. The smallest absolute Gasteiger partial charge is 0.214 e. The fraction of sp³-hybridized carbons (Fsp3) is 0.333. The largest absolute Gasteiger partial charge is 0.378 e. The van der Waals surface area contributed by atoms with Gasteiger partial charge in [-0.05, 0) is 41.3 Å². The number of nitrogens with zero attached hydrogens (tertiary/aromatic N) is 2. The summed E-state index contributed by atoms with van der Waals surface area (Å²) in [5, 5.41) is 11.3. The summed E-state index contributed by atoms with van der Waals surface area (Å²) >= 11 is 0. The molecule has 2 aromatic carbocycles. The molecule has 0 spiro atoms. The minimum atomic E-state index is -0.586. The molecule has 0 saturated carbocycles. The van der Waals surface area contributed by atoms with Gasteiger partial charge in [-0.3, -0.25) is 10.1 Å². The van der Waals surface area contributed by atoms with Crippen LogP contribution in [0.4, 0.5) is 10.1 Å². The average molecular weight is 368 g/mol. The van der Waals surface area contributed by atoms with Gasteiger partial charge < -0.3 is 9.64 Å². The van der Waals surface area contributed by atoms with E-state index >= 15 is 0 Å². The highest BCUT2D eigenvalue weighted by Crippen LogP contribution is 2.40. The van der Waals surface area contributed by atoms with Crippen LogP contribution in [-0.2, 0) is 11.2 Å². The molecule has 1 heterocycles. The van der Waals surface area contributed by atoms with E-state index < -0.39 is 11.7 Å². The Morgan fingerprint density at radius 2 is 1.96 bits per heavy atom. The molecular weight excluding hydrogens is 347 g/mol. The van der Waals surface area contributed by atoms with Crippen molar-refractivity contribution < 1.29 is 14.1 Å². The highest BCUT2D eigenvalue weighted by atomic mass is 19.1. The standard InChI is InChI=1S/C21H21FN2O3/c22-21-4-2-1-3-19(21)20(14-24(25)26)18-7-5-15-13-16(6-8-17(15)18)23-9-11-27-12-10-23/h1-4,6-8,13,20H,5,9-12,14H2. The Labute approximate surface area is 157 Å². The maximum Gasteiger partial charge on any atom is 0.214 e. The Kier molecular flexibility index (Phi) is 4.90. The van der Waals surface area contributed by atoms with Crippen LogP contribution in [-0.4, -0.2) is 37.8 Å². The molecule has 140 valence electrons. The molecule has 1 fully saturated rings. The van der Waals surface area contributed by atoms with Gasteiger partial charge in [0.15, 0.2) is 0 Å². The maximum atomic E-state index is 14.4. The predicted octanol–water partition coefficient (Wildman–Crippen LogP) is 3.66. The van der Waals surface area contributed by atoms with Gasteiger partial charge in [0.25, 0.3) is 0 Å². The van der Waals surface area contributed by atoms with Crippen LogP contribution in [0.1, 0.15) is 22.6 Å². The summed E-state index contributed by atoms with van der Waals surface area (Å²) in [4.78, 5) is 13.2. The lowest BCUT2D eigenvalue weighted by Gasteiger charge is -2.29. The van der Waals surface area contributed by atoms with Crippen molar-refractivity contribution in [2.75, 3.05) is 37.7 Å². The fourth-order valence-corrected chi connectivity index (χ4v) is 3.98. The van der Waals surface area contributed by atoms with Crippen molar-refractivity contribution in [3.05, 3.63) is 81.2 Å². The fourth-order valence-electron chi connectivity index (χ4n) is 3.98. The summed E-state index contributed by atoms with van der Waals surface area (Å²) in [6.45, 7) is 2.84. The summed E-state index contributed by atoms with van der Waals surface area (Å²) in [6, 6.07) is 12.6. The third-order valence-electron chi connectivity index (χ3n) is 5.31. The third kappa shape index (κ3) is 3.57.